The van der Waals surface area contributed by atoms with Gasteiger partial charge in [-0.1, -0.05) is 206 Å². The Hall–Kier alpha value is -4.45. The quantitative estimate of drug-likeness (QED) is 0.0201. The van der Waals surface area contributed by atoms with Gasteiger partial charge in [0.2, 0.25) is 0 Å². The first-order valence-corrected chi connectivity index (χ1v) is 23.8. The second-order valence-corrected chi connectivity index (χ2v) is 15.0. The van der Waals surface area contributed by atoms with Gasteiger partial charge in [-0.15, -0.1) is 0 Å². The van der Waals surface area contributed by atoms with Gasteiger partial charge in [0.15, 0.2) is 6.10 Å². The summed E-state index contributed by atoms with van der Waals surface area (Å²) in [7, 11) is 0. The van der Waals surface area contributed by atoms with Crippen LogP contribution in [-0.2, 0) is 28.6 Å². The maximum absolute atomic E-state index is 12.7. The Bertz CT molecular complexity index is 1380. The Kier molecular flexibility index (Phi) is 44.7. The lowest BCUT2D eigenvalue weighted by molar-refractivity contribution is -0.166. The molecule has 1 atom stereocenters. The van der Waals surface area contributed by atoms with Crippen LogP contribution < -0.4 is 0 Å². The number of allylic oxidation sites excluding steroid dienone is 21. The smallest absolute Gasteiger partial charge is 0.309 e. The largest absolute Gasteiger partial charge is 0.462 e. The van der Waals surface area contributed by atoms with Crippen LogP contribution in [-0.4, -0.2) is 37.2 Å². The zero-order chi connectivity index (χ0) is 44.4. The minimum Gasteiger partial charge on any atom is -0.462 e. The molecule has 0 aliphatic rings. The van der Waals surface area contributed by atoms with E-state index < -0.39 is 12.1 Å². The highest BCUT2D eigenvalue weighted by atomic mass is 16.6. The van der Waals surface area contributed by atoms with E-state index in [0.717, 1.165) is 116 Å². The van der Waals surface area contributed by atoms with Crippen molar-refractivity contribution in [3.8, 4) is 0 Å². The molecule has 6 nitrogen and oxygen atoms in total. The van der Waals surface area contributed by atoms with Crippen molar-refractivity contribution in [1.82, 2.24) is 0 Å². The minimum absolute atomic E-state index is 0.121. The molecule has 0 saturated carbocycles. The van der Waals surface area contributed by atoms with E-state index in [0.29, 0.717) is 6.42 Å². The fourth-order valence-electron chi connectivity index (χ4n) is 5.78. The molecule has 6 heteroatoms. The van der Waals surface area contributed by atoms with E-state index in [1.54, 1.807) is 6.08 Å². The molecule has 0 aromatic rings. The zero-order valence-electron chi connectivity index (χ0n) is 38.6. The summed E-state index contributed by atoms with van der Waals surface area (Å²) in [5.74, 6) is -1.11. The molecule has 0 heterocycles. The predicted octanol–water partition coefficient (Wildman–Crippen LogP) is 15.5. The molecule has 61 heavy (non-hydrogen) atoms. The number of unbranched alkanes of at least 4 members (excludes halogenated alkanes) is 12. The third-order valence-electron chi connectivity index (χ3n) is 9.26. The van der Waals surface area contributed by atoms with Crippen molar-refractivity contribution < 1.29 is 28.6 Å². The van der Waals surface area contributed by atoms with Crippen molar-refractivity contribution in [3.05, 3.63) is 134 Å². The molecule has 0 aliphatic heterocycles. The lowest BCUT2D eigenvalue weighted by Gasteiger charge is -2.18. The Balaban J connectivity index is 4.51. The number of carbonyl (C=O) groups excluding carboxylic acids is 3. The van der Waals surface area contributed by atoms with Crippen molar-refractivity contribution >= 4 is 17.9 Å². The molecule has 0 saturated heterocycles. The molecular weight excluding hydrogens is 757 g/mol. The number of hydrogen-bond donors (Lipinski definition) is 0. The van der Waals surface area contributed by atoms with Crippen molar-refractivity contribution in [1.29, 1.82) is 0 Å². The van der Waals surface area contributed by atoms with E-state index in [4.69, 9.17) is 14.2 Å². The van der Waals surface area contributed by atoms with Gasteiger partial charge in [0.1, 0.15) is 13.2 Å². The second kappa shape index (κ2) is 48.2. The molecule has 0 fully saturated rings. The van der Waals surface area contributed by atoms with Gasteiger partial charge in [0.25, 0.3) is 0 Å². The molecule has 0 aliphatic carbocycles. The normalized spacial score (nSPS) is 13.3. The maximum Gasteiger partial charge on any atom is 0.309 e. The number of esters is 3. The zero-order valence-corrected chi connectivity index (χ0v) is 38.6. The number of carbonyl (C=O) groups is 3. The third-order valence-corrected chi connectivity index (χ3v) is 9.26. The first kappa shape index (κ1) is 56.5. The molecule has 0 rings (SSSR count). The van der Waals surface area contributed by atoms with E-state index >= 15 is 0 Å². The summed E-state index contributed by atoms with van der Waals surface area (Å²) in [6, 6.07) is 0. The minimum atomic E-state index is -0.835. The highest BCUT2D eigenvalue weighted by Gasteiger charge is 2.19. The van der Waals surface area contributed by atoms with Gasteiger partial charge >= 0.3 is 17.9 Å². The maximum atomic E-state index is 12.7. The van der Waals surface area contributed by atoms with Crippen LogP contribution in [0.3, 0.4) is 0 Å². The summed E-state index contributed by atoms with van der Waals surface area (Å²) in [5, 5.41) is 0. The van der Waals surface area contributed by atoms with Crippen LogP contribution in [0, 0.1) is 0 Å². The van der Waals surface area contributed by atoms with Crippen LogP contribution in [0.2, 0.25) is 0 Å². The summed E-state index contributed by atoms with van der Waals surface area (Å²) in [6.07, 6.45) is 67.5. The second-order valence-electron chi connectivity index (χ2n) is 15.0. The van der Waals surface area contributed by atoms with Gasteiger partial charge in [0.05, 0.1) is 6.42 Å². The molecule has 0 spiro atoms. The average Bonchev–Trinajstić information content (AvgIpc) is 3.26. The van der Waals surface area contributed by atoms with Gasteiger partial charge in [-0.3, -0.25) is 14.4 Å². The molecule has 0 aromatic heterocycles. The van der Waals surface area contributed by atoms with Crippen LogP contribution in [0.25, 0.3) is 0 Å². The first-order valence-electron chi connectivity index (χ1n) is 23.8. The van der Waals surface area contributed by atoms with Crippen molar-refractivity contribution in [2.24, 2.45) is 0 Å². The van der Waals surface area contributed by atoms with E-state index in [1.165, 1.54) is 19.3 Å². The van der Waals surface area contributed by atoms with Gasteiger partial charge in [-0.2, -0.15) is 0 Å². The summed E-state index contributed by atoms with van der Waals surface area (Å²) in [6.45, 7) is 6.15. The Morgan fingerprint density at radius 1 is 0.377 bits per heavy atom. The van der Waals surface area contributed by atoms with E-state index in [9.17, 15) is 14.4 Å². The Morgan fingerprint density at radius 2 is 0.770 bits per heavy atom. The van der Waals surface area contributed by atoms with Crippen molar-refractivity contribution in [2.75, 3.05) is 13.2 Å². The van der Waals surface area contributed by atoms with Crippen molar-refractivity contribution in [3.63, 3.8) is 0 Å². The standard InChI is InChI=1S/C55H84O6/c1-4-7-10-13-16-19-21-23-25-27-28-30-31-33-36-39-42-45-48-54(57)60-51-52(50-59-53(56)47-44-41-38-35-18-15-12-9-6-3)61-55(58)49-46-43-40-37-34-32-29-26-24-22-20-17-14-11-8-5-2/h8-13,16-21,23-28,30,35,41,44,52H,4-7,14-15,22,29,31-34,36-40,42-43,45-51H2,1-3H3/b11-8-,12-9-,13-10-,19-16-,20-17-,23-21-,26-24-,27-25-,30-28-,35-18-,44-41-. The first-order chi connectivity index (χ1) is 30.0. The van der Waals surface area contributed by atoms with Crippen LogP contribution in [0.5, 0.6) is 0 Å². The molecule has 1 unspecified atom stereocenters. The number of ether oxygens (including phenoxy) is 3. The lowest BCUT2D eigenvalue weighted by atomic mass is 10.1. The average molecular weight is 841 g/mol. The van der Waals surface area contributed by atoms with Gasteiger partial charge < -0.3 is 14.2 Å². The fourth-order valence-corrected chi connectivity index (χ4v) is 5.78. The third kappa shape index (κ3) is 46.5. The number of rotatable bonds is 40. The fraction of sp³-hybridized carbons (Fsp3) is 0.545. The summed E-state index contributed by atoms with van der Waals surface area (Å²) >= 11 is 0. The number of hydrogen-bond acceptors (Lipinski definition) is 6. The Labute approximate surface area is 373 Å². The van der Waals surface area contributed by atoms with Crippen LogP contribution >= 0.6 is 0 Å². The monoisotopic (exact) mass is 841 g/mol. The highest BCUT2D eigenvalue weighted by Crippen LogP contribution is 2.12. The van der Waals surface area contributed by atoms with Gasteiger partial charge in [-0.05, 0) is 83.5 Å². The predicted molar refractivity (Wildman–Crippen MR) is 260 cm³/mol. The summed E-state index contributed by atoms with van der Waals surface area (Å²) in [4.78, 5) is 37.7. The molecule has 0 N–H and O–H groups in total. The summed E-state index contributed by atoms with van der Waals surface area (Å²) in [5.41, 5.74) is 0. The highest BCUT2D eigenvalue weighted by molar-refractivity contribution is 5.72. The molecule has 0 bridgehead atoms. The van der Waals surface area contributed by atoms with Crippen molar-refractivity contribution in [2.45, 2.75) is 181 Å². The van der Waals surface area contributed by atoms with Crippen LogP contribution in [0.15, 0.2) is 134 Å². The van der Waals surface area contributed by atoms with Gasteiger partial charge in [-0.25, -0.2) is 0 Å². The van der Waals surface area contributed by atoms with E-state index in [-0.39, 0.29) is 38.0 Å². The van der Waals surface area contributed by atoms with E-state index in [1.807, 2.05) is 42.5 Å². The molecule has 0 amide bonds. The summed E-state index contributed by atoms with van der Waals surface area (Å²) < 4.78 is 16.6. The molecule has 0 aromatic carbocycles. The van der Waals surface area contributed by atoms with E-state index in [2.05, 4.69) is 106 Å². The molecule has 0 radical (unpaired) electrons. The van der Waals surface area contributed by atoms with Crippen LogP contribution in [0.1, 0.15) is 175 Å². The SMILES string of the molecule is CC/C=C\C/C=C\C/C=C\CCCCCCCCC(=O)OC(COC(=O)C/C=C\C/C=C\C/C=C\CC)COC(=O)CCCCCCC\C=C/C=C\C=C/C=C\C=C/CCC. The van der Waals surface area contributed by atoms with Gasteiger partial charge in [0, 0.05) is 12.8 Å². The van der Waals surface area contributed by atoms with Crippen LogP contribution in [0.4, 0.5) is 0 Å². The molecule has 340 valence electrons. The topological polar surface area (TPSA) is 78.9 Å². The lowest BCUT2D eigenvalue weighted by Crippen LogP contribution is -2.30. The Morgan fingerprint density at radius 3 is 1.30 bits per heavy atom. The molecular formula is C55H84O6.